The molecule has 252 valence electrons. The highest BCUT2D eigenvalue weighted by molar-refractivity contribution is 7.90. The number of fused-ring (bicyclic) bond motifs is 2. The maximum atomic E-state index is 12.0. The molecule has 0 amide bonds. The van der Waals surface area contributed by atoms with Gasteiger partial charge in [0.05, 0.1) is 28.6 Å². The third-order valence-corrected chi connectivity index (χ3v) is 10.4. The first-order chi connectivity index (χ1) is 23.8. The lowest BCUT2D eigenvalue weighted by Gasteiger charge is -2.24. The van der Waals surface area contributed by atoms with E-state index in [0.717, 1.165) is 84.1 Å². The van der Waals surface area contributed by atoms with E-state index < -0.39 is 9.84 Å². The quantitative estimate of drug-likeness (QED) is 0.185. The van der Waals surface area contributed by atoms with Crippen molar-refractivity contribution in [2.75, 3.05) is 24.8 Å². The van der Waals surface area contributed by atoms with E-state index in [-0.39, 0.29) is 12.5 Å². The molecule has 1 N–H and O–H groups in total. The summed E-state index contributed by atoms with van der Waals surface area (Å²) in [6, 6.07) is 15.2. The van der Waals surface area contributed by atoms with Crippen LogP contribution >= 0.6 is 0 Å². The molecule has 2 aliphatic rings. The van der Waals surface area contributed by atoms with E-state index >= 15 is 0 Å². The van der Waals surface area contributed by atoms with Crippen LogP contribution in [-0.4, -0.2) is 62.2 Å². The minimum absolute atomic E-state index is 0.0819. The van der Waals surface area contributed by atoms with Gasteiger partial charge in [0.2, 0.25) is 0 Å². The summed E-state index contributed by atoms with van der Waals surface area (Å²) in [5.41, 5.74) is 6.58. The molecule has 4 aromatic heterocycles. The van der Waals surface area contributed by atoms with Crippen molar-refractivity contribution in [1.82, 2.24) is 34.3 Å². The van der Waals surface area contributed by atoms with E-state index in [4.69, 9.17) is 34.5 Å². The number of pyridine rings is 1. The van der Waals surface area contributed by atoms with E-state index in [2.05, 4.69) is 17.4 Å². The monoisotopic (exact) mass is 678 g/mol. The highest BCUT2D eigenvalue weighted by Gasteiger charge is 2.24. The van der Waals surface area contributed by atoms with Crippen LogP contribution in [0.3, 0.4) is 0 Å². The van der Waals surface area contributed by atoms with Gasteiger partial charge in [-0.25, -0.2) is 33.0 Å². The number of nitrogens with one attached hydrogen (secondary N) is 1. The Kier molecular flexibility index (Phi) is 8.34. The summed E-state index contributed by atoms with van der Waals surface area (Å²) in [7, 11) is -3.29. The van der Waals surface area contributed by atoms with Crippen molar-refractivity contribution in [2.24, 2.45) is 0 Å². The summed E-state index contributed by atoms with van der Waals surface area (Å²) in [6.45, 7) is 3.33. The second-order valence-corrected chi connectivity index (χ2v) is 14.9. The van der Waals surface area contributed by atoms with Crippen LogP contribution in [0.4, 0.5) is 11.5 Å². The van der Waals surface area contributed by atoms with E-state index in [1.165, 1.54) is 6.26 Å². The maximum absolute atomic E-state index is 12.0. The van der Waals surface area contributed by atoms with Crippen molar-refractivity contribution in [3.05, 3.63) is 84.2 Å². The van der Waals surface area contributed by atoms with Gasteiger partial charge in [0.15, 0.2) is 21.7 Å². The van der Waals surface area contributed by atoms with Gasteiger partial charge >= 0.3 is 0 Å². The van der Waals surface area contributed by atoms with Crippen LogP contribution in [0, 0.1) is 6.92 Å². The summed E-state index contributed by atoms with van der Waals surface area (Å²) in [5.74, 6) is 1.23. The van der Waals surface area contributed by atoms with Gasteiger partial charge in [-0.3, -0.25) is 4.57 Å². The zero-order valence-corrected chi connectivity index (χ0v) is 28.4. The first-order valence-electron chi connectivity index (χ1n) is 16.8. The molecule has 0 aliphatic carbocycles. The van der Waals surface area contributed by atoms with Gasteiger partial charge in [-0.1, -0.05) is 18.2 Å². The molecule has 0 bridgehead atoms. The zero-order valence-electron chi connectivity index (χ0n) is 27.5. The lowest BCUT2D eigenvalue weighted by molar-refractivity contribution is -0.0366. The minimum Gasteiger partial charge on any atom is -0.358 e. The molecule has 13 heteroatoms. The number of benzene rings is 2. The van der Waals surface area contributed by atoms with Crippen LogP contribution in [0.1, 0.15) is 67.9 Å². The normalized spacial score (nSPS) is 18.7. The Morgan fingerprint density at radius 3 is 2.41 bits per heavy atom. The SMILES string of the molecule is Cc1nc(-c2cc(Cc3ccc(S(C)(=O)=O)cc3)cnc2Nc2cccc3c2cnn3C2CCCCO2)c2ncn(C3CCCCO3)c2n1. The van der Waals surface area contributed by atoms with Gasteiger partial charge in [-0.2, -0.15) is 5.10 Å². The highest BCUT2D eigenvalue weighted by Crippen LogP contribution is 2.37. The molecule has 0 spiro atoms. The molecule has 2 unspecified atom stereocenters. The predicted molar refractivity (Wildman–Crippen MR) is 186 cm³/mol. The van der Waals surface area contributed by atoms with Crippen molar-refractivity contribution >= 4 is 43.4 Å². The summed E-state index contributed by atoms with van der Waals surface area (Å²) in [4.78, 5) is 19.8. The Labute approximate surface area is 284 Å². The number of sulfone groups is 1. The number of anilines is 2. The van der Waals surface area contributed by atoms with Gasteiger partial charge in [0, 0.05) is 36.6 Å². The molecule has 12 nitrogen and oxygen atoms in total. The average Bonchev–Trinajstić information content (AvgIpc) is 3.75. The highest BCUT2D eigenvalue weighted by atomic mass is 32.2. The van der Waals surface area contributed by atoms with Crippen LogP contribution < -0.4 is 5.32 Å². The first-order valence-corrected chi connectivity index (χ1v) is 18.7. The van der Waals surface area contributed by atoms with Crippen molar-refractivity contribution < 1.29 is 17.9 Å². The Hall–Kier alpha value is -4.72. The van der Waals surface area contributed by atoms with E-state index in [9.17, 15) is 8.42 Å². The number of imidazole rings is 1. The summed E-state index contributed by atoms with van der Waals surface area (Å²) in [6.07, 6.45) is 13.2. The molecule has 49 heavy (non-hydrogen) atoms. The molecule has 2 atom stereocenters. The fraction of sp³-hybridized carbons (Fsp3) is 0.361. The van der Waals surface area contributed by atoms with Crippen LogP contribution in [-0.2, 0) is 25.7 Å². The predicted octanol–water partition coefficient (Wildman–Crippen LogP) is 6.68. The third-order valence-electron chi connectivity index (χ3n) is 9.28. The average molecular weight is 679 g/mol. The molecule has 2 aromatic carbocycles. The molecular weight excluding hydrogens is 641 g/mol. The number of hydrogen-bond acceptors (Lipinski definition) is 10. The maximum Gasteiger partial charge on any atom is 0.175 e. The number of aryl methyl sites for hydroxylation is 1. The van der Waals surface area contributed by atoms with Crippen LogP contribution in [0.5, 0.6) is 0 Å². The van der Waals surface area contributed by atoms with Gasteiger partial charge in [-0.05, 0) is 93.3 Å². The molecule has 8 rings (SSSR count). The number of rotatable bonds is 8. The zero-order chi connectivity index (χ0) is 33.5. The topological polar surface area (TPSA) is 139 Å². The molecular formula is C36H38N8O4S. The van der Waals surface area contributed by atoms with Crippen molar-refractivity contribution in [3.63, 3.8) is 0 Å². The van der Waals surface area contributed by atoms with E-state index in [1.54, 1.807) is 18.5 Å². The Balaban J connectivity index is 1.22. The third kappa shape index (κ3) is 6.29. The molecule has 2 fully saturated rings. The number of ether oxygens (including phenoxy) is 2. The standard InChI is InChI=1S/C36H38N8O4S/c1-23-40-33(34-36(41-23)43(22-38-34)31-10-3-5-16-47-31)27-19-25(18-24-12-14-26(15-13-24)49(2,45)46)20-37-35(27)42-29-8-7-9-30-28(29)21-39-44(30)32-11-4-6-17-48-32/h7-9,12-15,19-22,31-32H,3-6,10-11,16-18H2,1-2H3,(H,37,42). The number of hydrogen-bond donors (Lipinski definition) is 1. The molecule has 2 saturated heterocycles. The van der Waals surface area contributed by atoms with Crippen LogP contribution in [0.15, 0.2) is 72.1 Å². The fourth-order valence-electron chi connectivity index (χ4n) is 6.80. The smallest absolute Gasteiger partial charge is 0.175 e. The summed E-state index contributed by atoms with van der Waals surface area (Å²) < 4.78 is 40.2. The molecule has 6 heterocycles. The van der Waals surface area contributed by atoms with Gasteiger partial charge in [0.1, 0.15) is 29.1 Å². The van der Waals surface area contributed by atoms with Gasteiger partial charge in [-0.15, -0.1) is 0 Å². The molecule has 6 aromatic rings. The molecule has 2 aliphatic heterocycles. The van der Waals surface area contributed by atoms with Crippen molar-refractivity contribution in [3.8, 4) is 11.3 Å². The Bertz CT molecular complexity index is 2250. The Morgan fingerprint density at radius 1 is 0.898 bits per heavy atom. The number of aromatic nitrogens is 7. The van der Waals surface area contributed by atoms with Crippen molar-refractivity contribution in [2.45, 2.75) is 69.2 Å². The van der Waals surface area contributed by atoms with E-state index in [1.807, 2.05) is 52.8 Å². The van der Waals surface area contributed by atoms with E-state index in [0.29, 0.717) is 40.8 Å². The van der Waals surface area contributed by atoms with Crippen LogP contribution in [0.2, 0.25) is 0 Å². The van der Waals surface area contributed by atoms with Gasteiger partial charge in [0.25, 0.3) is 0 Å². The second kappa shape index (κ2) is 13.0. The van der Waals surface area contributed by atoms with Crippen LogP contribution in [0.25, 0.3) is 33.3 Å². The fourth-order valence-corrected chi connectivity index (χ4v) is 7.43. The van der Waals surface area contributed by atoms with Gasteiger partial charge < -0.3 is 14.8 Å². The molecule has 0 saturated carbocycles. The van der Waals surface area contributed by atoms with Crippen molar-refractivity contribution in [1.29, 1.82) is 0 Å². The first kappa shape index (κ1) is 31.5. The second-order valence-electron chi connectivity index (χ2n) is 12.9. The summed E-state index contributed by atoms with van der Waals surface area (Å²) in [5, 5.41) is 9.30. The summed E-state index contributed by atoms with van der Waals surface area (Å²) >= 11 is 0. The number of nitrogens with zero attached hydrogens (tertiary/aromatic N) is 7. The minimum atomic E-state index is -3.29. The lowest BCUT2D eigenvalue weighted by atomic mass is 10.0. The largest absolute Gasteiger partial charge is 0.358 e. The molecule has 0 radical (unpaired) electrons. The Morgan fingerprint density at radius 2 is 1.67 bits per heavy atom. The lowest BCUT2D eigenvalue weighted by Crippen LogP contribution is -2.18.